The summed E-state index contributed by atoms with van der Waals surface area (Å²) in [5.74, 6) is 0.0293. The first kappa shape index (κ1) is 15.9. The number of hydrogen-bond donors (Lipinski definition) is 2. The molecule has 1 aromatic carbocycles. The molecule has 8 heteroatoms. The van der Waals surface area contributed by atoms with Crippen LogP contribution in [0.1, 0.15) is 25.4 Å². The first-order chi connectivity index (χ1) is 11.7. The van der Waals surface area contributed by atoms with Crippen LogP contribution in [0.15, 0.2) is 53.1 Å². The molecule has 2 aromatic heterocycles. The average Bonchev–Trinajstić information content (AvgIpc) is 3.27. The predicted octanol–water partition coefficient (Wildman–Crippen LogP) is 2.36. The van der Waals surface area contributed by atoms with Crippen LogP contribution in [-0.4, -0.2) is 28.6 Å². The summed E-state index contributed by atoms with van der Waals surface area (Å²) in [7, 11) is 0. The number of nitrogens with one attached hydrogen (secondary N) is 2. The molecule has 0 spiro atoms. The monoisotopic (exact) mass is 342 g/mol. The maximum atomic E-state index is 12.1. The van der Waals surface area contributed by atoms with Gasteiger partial charge in [0.15, 0.2) is 0 Å². The van der Waals surface area contributed by atoms with E-state index in [4.69, 9.17) is 4.42 Å². The summed E-state index contributed by atoms with van der Waals surface area (Å²) in [5, 5.41) is 13.2. The lowest BCUT2D eigenvalue weighted by molar-refractivity contribution is 0.0951. The molecule has 0 atom stereocenters. The molecule has 7 nitrogen and oxygen atoms in total. The molecule has 0 fully saturated rings. The fraction of sp³-hybridized carbons (Fsp3) is 0.125. The highest BCUT2D eigenvalue weighted by molar-refractivity contribution is 7.15. The van der Waals surface area contributed by atoms with Gasteiger partial charge in [-0.1, -0.05) is 29.5 Å². The van der Waals surface area contributed by atoms with Crippen LogP contribution in [0.25, 0.3) is 0 Å². The quantitative estimate of drug-likeness (QED) is 0.717. The number of hydrogen-bond acceptors (Lipinski definition) is 6. The van der Waals surface area contributed by atoms with Crippen LogP contribution in [0.2, 0.25) is 0 Å². The molecule has 3 rings (SSSR count). The number of nitrogens with zero attached hydrogens (tertiary/aromatic N) is 2. The third kappa shape index (κ3) is 4.05. The molecule has 3 aromatic rings. The lowest BCUT2D eigenvalue weighted by Crippen LogP contribution is -2.25. The second kappa shape index (κ2) is 7.51. The van der Waals surface area contributed by atoms with Gasteiger partial charge < -0.3 is 15.1 Å². The Labute approximate surface area is 141 Å². The van der Waals surface area contributed by atoms with Gasteiger partial charge in [0.2, 0.25) is 10.0 Å². The van der Waals surface area contributed by atoms with E-state index in [-0.39, 0.29) is 15.9 Å². The van der Waals surface area contributed by atoms with Crippen molar-refractivity contribution in [1.82, 2.24) is 15.5 Å². The fourth-order valence-electron chi connectivity index (χ4n) is 1.94. The highest BCUT2D eigenvalue weighted by atomic mass is 32.1. The average molecular weight is 342 g/mol. The van der Waals surface area contributed by atoms with Gasteiger partial charge in [-0.2, -0.15) is 0 Å². The minimum absolute atomic E-state index is 0.134. The molecule has 0 bridgehead atoms. The Morgan fingerprint density at radius 2 is 1.75 bits per heavy atom. The van der Waals surface area contributed by atoms with Gasteiger partial charge in [-0.15, -0.1) is 10.2 Å². The van der Waals surface area contributed by atoms with Crippen molar-refractivity contribution in [3.63, 3.8) is 0 Å². The van der Waals surface area contributed by atoms with Crippen molar-refractivity contribution in [1.29, 1.82) is 0 Å². The van der Waals surface area contributed by atoms with E-state index in [2.05, 4.69) is 20.8 Å². The highest BCUT2D eigenvalue weighted by Gasteiger charge is 2.17. The molecule has 0 aliphatic carbocycles. The van der Waals surface area contributed by atoms with E-state index in [1.54, 1.807) is 24.5 Å². The standard InChI is InChI=1S/C16H14N4O3S/c21-13(17-9-8-12-7-4-10-23-12)15-19-20-16(24-15)14(22)18-11-5-2-1-3-6-11/h1-7,10H,8-9H2,(H,17,21)(H,18,22). The van der Waals surface area contributed by atoms with Crippen molar-refractivity contribution in [3.05, 3.63) is 64.5 Å². The number of anilines is 1. The number of amides is 2. The smallest absolute Gasteiger partial charge is 0.286 e. The van der Waals surface area contributed by atoms with Gasteiger partial charge in [0, 0.05) is 18.7 Å². The molecule has 0 aliphatic heterocycles. The van der Waals surface area contributed by atoms with Gasteiger partial charge in [0.05, 0.1) is 6.26 Å². The van der Waals surface area contributed by atoms with E-state index in [0.717, 1.165) is 17.1 Å². The van der Waals surface area contributed by atoms with Crippen molar-refractivity contribution in [3.8, 4) is 0 Å². The third-order valence-electron chi connectivity index (χ3n) is 3.08. The highest BCUT2D eigenvalue weighted by Crippen LogP contribution is 2.13. The lowest BCUT2D eigenvalue weighted by atomic mass is 10.3. The summed E-state index contributed by atoms with van der Waals surface area (Å²) in [4.78, 5) is 24.1. The zero-order valence-corrected chi connectivity index (χ0v) is 13.4. The molecule has 0 saturated carbocycles. The van der Waals surface area contributed by atoms with Crippen LogP contribution < -0.4 is 10.6 Å². The molecule has 0 unspecified atom stereocenters. The predicted molar refractivity (Wildman–Crippen MR) is 89.0 cm³/mol. The fourth-order valence-corrected chi connectivity index (χ4v) is 2.60. The van der Waals surface area contributed by atoms with E-state index >= 15 is 0 Å². The van der Waals surface area contributed by atoms with E-state index in [1.165, 1.54) is 0 Å². The summed E-state index contributed by atoms with van der Waals surface area (Å²) in [6.45, 7) is 0.414. The van der Waals surface area contributed by atoms with Crippen molar-refractivity contribution in [2.45, 2.75) is 6.42 Å². The van der Waals surface area contributed by atoms with Crippen molar-refractivity contribution >= 4 is 28.8 Å². The van der Waals surface area contributed by atoms with Crippen LogP contribution >= 0.6 is 11.3 Å². The van der Waals surface area contributed by atoms with E-state index in [1.807, 2.05) is 24.3 Å². The third-order valence-corrected chi connectivity index (χ3v) is 4.00. The summed E-state index contributed by atoms with van der Waals surface area (Å²) in [6.07, 6.45) is 2.17. The van der Waals surface area contributed by atoms with Gasteiger partial charge in [-0.05, 0) is 24.3 Å². The van der Waals surface area contributed by atoms with Crippen molar-refractivity contribution < 1.29 is 14.0 Å². The Balaban J connectivity index is 1.54. The van der Waals surface area contributed by atoms with Crippen molar-refractivity contribution in [2.75, 3.05) is 11.9 Å². The molecule has 0 radical (unpaired) electrons. The van der Waals surface area contributed by atoms with Gasteiger partial charge in [-0.3, -0.25) is 9.59 Å². The van der Waals surface area contributed by atoms with Crippen LogP contribution in [0.5, 0.6) is 0 Å². The molecular formula is C16H14N4O3S. The Hall–Kier alpha value is -3.00. The van der Waals surface area contributed by atoms with Crippen LogP contribution in [0.3, 0.4) is 0 Å². The molecule has 0 saturated heterocycles. The first-order valence-electron chi connectivity index (χ1n) is 7.23. The minimum atomic E-state index is -0.395. The van der Waals surface area contributed by atoms with Crippen LogP contribution in [0.4, 0.5) is 5.69 Å². The van der Waals surface area contributed by atoms with Gasteiger partial charge in [0.1, 0.15) is 5.76 Å². The van der Waals surface area contributed by atoms with E-state index < -0.39 is 5.91 Å². The summed E-state index contributed by atoms with van der Waals surface area (Å²) >= 11 is 0.947. The summed E-state index contributed by atoms with van der Waals surface area (Å²) < 4.78 is 5.18. The first-order valence-corrected chi connectivity index (χ1v) is 8.04. The zero-order chi connectivity index (χ0) is 16.8. The summed E-state index contributed by atoms with van der Waals surface area (Å²) in [6, 6.07) is 12.6. The van der Waals surface area contributed by atoms with E-state index in [0.29, 0.717) is 18.7 Å². The maximum Gasteiger partial charge on any atom is 0.286 e. The molecular weight excluding hydrogens is 328 g/mol. The van der Waals surface area contributed by atoms with Crippen LogP contribution in [0, 0.1) is 0 Å². The minimum Gasteiger partial charge on any atom is -0.469 e. The Kier molecular flexibility index (Phi) is 4.97. The van der Waals surface area contributed by atoms with E-state index in [9.17, 15) is 9.59 Å². The molecule has 2 N–H and O–H groups in total. The largest absolute Gasteiger partial charge is 0.469 e. The van der Waals surface area contributed by atoms with Crippen molar-refractivity contribution in [2.24, 2.45) is 0 Å². The number of carbonyl (C=O) groups is 2. The van der Waals surface area contributed by atoms with Gasteiger partial charge in [-0.25, -0.2) is 0 Å². The summed E-state index contributed by atoms with van der Waals surface area (Å²) in [5.41, 5.74) is 0.655. The molecule has 2 amide bonds. The molecule has 2 heterocycles. The van der Waals surface area contributed by atoms with Gasteiger partial charge in [0.25, 0.3) is 11.8 Å². The topological polar surface area (TPSA) is 97.1 Å². The number of furan rings is 1. The Morgan fingerprint density at radius 3 is 2.46 bits per heavy atom. The number of carbonyl (C=O) groups excluding carboxylic acids is 2. The lowest BCUT2D eigenvalue weighted by Gasteiger charge is -2.01. The number of rotatable bonds is 6. The molecule has 122 valence electrons. The Morgan fingerprint density at radius 1 is 1.00 bits per heavy atom. The number of benzene rings is 1. The number of para-hydroxylation sites is 1. The SMILES string of the molecule is O=C(NCCc1ccco1)c1nnc(C(=O)Nc2ccccc2)s1. The second-order valence-electron chi connectivity index (χ2n) is 4.82. The zero-order valence-electron chi connectivity index (χ0n) is 12.6. The maximum absolute atomic E-state index is 12.1. The second-order valence-corrected chi connectivity index (χ2v) is 5.80. The van der Waals surface area contributed by atoms with Gasteiger partial charge >= 0.3 is 0 Å². The molecule has 0 aliphatic rings. The molecule has 24 heavy (non-hydrogen) atoms. The van der Waals surface area contributed by atoms with Crippen LogP contribution in [-0.2, 0) is 6.42 Å². The Bertz CT molecular complexity index is 815. The number of aromatic nitrogens is 2. The normalized spacial score (nSPS) is 10.3.